The Morgan fingerprint density at radius 1 is 1.06 bits per heavy atom. The molecule has 1 atom stereocenters. The number of carboxylic acid groups (broad SMARTS) is 2. The molecule has 105 valence electrons. The smallest absolute Gasteiger partial charge is 0.550 e. The Bertz CT molecular complexity index is 308. The van der Waals surface area contributed by atoms with Crippen LogP contribution in [0.1, 0.15) is 32.4 Å². The normalized spacial score (nSPS) is 9.33. The number of nitrogens with two attached hydrogens (primary N) is 1. The third kappa shape index (κ3) is 24.1. The molecule has 0 fully saturated rings. The average molecular weight is 303 g/mol. The molecule has 0 saturated heterocycles. The molecule has 0 aliphatic carbocycles. The SMILES string of the molecule is CC(=O)[O-].CC(=O)[O-].CC(N)c1ccccc1.[Cu+2]. The summed E-state index contributed by atoms with van der Waals surface area (Å²) in [6.07, 6.45) is 0. The zero-order valence-electron chi connectivity index (χ0n) is 10.5. The zero-order chi connectivity index (χ0) is 13.8. The summed E-state index contributed by atoms with van der Waals surface area (Å²) in [5.41, 5.74) is 6.81. The Morgan fingerprint density at radius 2 is 1.33 bits per heavy atom. The molecule has 1 radical (unpaired) electrons. The van der Waals surface area contributed by atoms with Crippen molar-refractivity contribution in [2.45, 2.75) is 26.8 Å². The van der Waals surface area contributed by atoms with Gasteiger partial charge in [0.25, 0.3) is 0 Å². The van der Waals surface area contributed by atoms with Gasteiger partial charge in [-0.1, -0.05) is 30.3 Å². The quantitative estimate of drug-likeness (QED) is 0.685. The van der Waals surface area contributed by atoms with E-state index < -0.39 is 11.9 Å². The molecule has 5 nitrogen and oxygen atoms in total. The van der Waals surface area contributed by atoms with E-state index in [-0.39, 0.29) is 23.1 Å². The molecule has 0 bridgehead atoms. The molecular weight excluding hydrogens is 286 g/mol. The van der Waals surface area contributed by atoms with E-state index in [1.165, 1.54) is 5.56 Å². The molecule has 0 heterocycles. The molecule has 6 heteroatoms. The number of carbonyl (C=O) groups is 2. The summed E-state index contributed by atoms with van der Waals surface area (Å²) < 4.78 is 0. The molecule has 0 aliphatic rings. The summed E-state index contributed by atoms with van der Waals surface area (Å²) in [5.74, 6) is -2.17. The van der Waals surface area contributed by atoms with Crippen LogP contribution in [-0.2, 0) is 26.7 Å². The van der Waals surface area contributed by atoms with Gasteiger partial charge in [0.15, 0.2) is 0 Å². The number of aliphatic carboxylic acids is 2. The molecule has 0 saturated carbocycles. The molecule has 1 rings (SSSR count). The van der Waals surface area contributed by atoms with Gasteiger partial charge >= 0.3 is 17.1 Å². The zero-order valence-corrected chi connectivity index (χ0v) is 11.4. The van der Waals surface area contributed by atoms with Crippen molar-refractivity contribution in [2.75, 3.05) is 0 Å². The molecule has 2 N–H and O–H groups in total. The minimum atomic E-state index is -1.08. The van der Waals surface area contributed by atoms with Gasteiger partial charge in [0.1, 0.15) is 0 Å². The van der Waals surface area contributed by atoms with Gasteiger partial charge in [0.2, 0.25) is 0 Å². The van der Waals surface area contributed by atoms with Crippen molar-refractivity contribution >= 4 is 11.9 Å². The predicted molar refractivity (Wildman–Crippen MR) is 60.4 cm³/mol. The van der Waals surface area contributed by atoms with Gasteiger partial charge in [0.05, 0.1) is 0 Å². The second-order valence-electron chi connectivity index (χ2n) is 3.18. The first kappa shape index (κ1) is 21.9. The molecule has 0 spiro atoms. The van der Waals surface area contributed by atoms with E-state index in [9.17, 15) is 0 Å². The summed E-state index contributed by atoms with van der Waals surface area (Å²) >= 11 is 0. The van der Waals surface area contributed by atoms with Crippen molar-refractivity contribution in [3.63, 3.8) is 0 Å². The Labute approximate surface area is 117 Å². The van der Waals surface area contributed by atoms with Crippen molar-refractivity contribution in [3.05, 3.63) is 35.9 Å². The van der Waals surface area contributed by atoms with E-state index in [1.54, 1.807) is 0 Å². The maximum absolute atomic E-state index is 8.89. The van der Waals surface area contributed by atoms with Crippen LogP contribution in [0.3, 0.4) is 0 Å². The van der Waals surface area contributed by atoms with E-state index in [4.69, 9.17) is 25.5 Å². The standard InChI is InChI=1S/C8H11N.2C2H4O2.Cu/c1-7(9)8-5-3-2-4-6-8;2*1-2(3)4;/h2-7H,9H2,1H3;2*1H3,(H,3,4);/q;;;+2/p-2. The second-order valence-corrected chi connectivity index (χ2v) is 3.18. The topological polar surface area (TPSA) is 106 Å². The Morgan fingerprint density at radius 3 is 1.50 bits per heavy atom. The fraction of sp³-hybridized carbons (Fsp3) is 0.333. The number of carboxylic acids is 2. The predicted octanol–water partition coefficient (Wildman–Crippen LogP) is -0.784. The van der Waals surface area contributed by atoms with Gasteiger partial charge in [-0.25, -0.2) is 0 Å². The fourth-order valence-corrected chi connectivity index (χ4v) is 0.757. The van der Waals surface area contributed by atoms with Crippen LogP contribution in [0, 0.1) is 0 Å². The Balaban J connectivity index is -0.000000214. The molecule has 0 amide bonds. The van der Waals surface area contributed by atoms with Crippen molar-refractivity contribution in [2.24, 2.45) is 5.73 Å². The minimum absolute atomic E-state index is 0. The van der Waals surface area contributed by atoms with Crippen molar-refractivity contribution in [1.29, 1.82) is 0 Å². The van der Waals surface area contributed by atoms with Crippen LogP contribution in [0.4, 0.5) is 0 Å². The van der Waals surface area contributed by atoms with E-state index in [1.807, 2.05) is 37.3 Å². The van der Waals surface area contributed by atoms with Gasteiger partial charge in [-0.15, -0.1) is 0 Å². The van der Waals surface area contributed by atoms with Crippen molar-refractivity contribution < 1.29 is 36.9 Å². The van der Waals surface area contributed by atoms with E-state index in [0.29, 0.717) is 0 Å². The fourth-order valence-electron chi connectivity index (χ4n) is 0.757. The minimum Gasteiger partial charge on any atom is -0.550 e. The molecule has 1 aromatic carbocycles. The Kier molecular flexibility index (Phi) is 16.7. The third-order valence-electron chi connectivity index (χ3n) is 1.33. The maximum atomic E-state index is 8.89. The molecular formula is C12H17CuNO4. The molecule has 1 unspecified atom stereocenters. The molecule has 0 aliphatic heterocycles. The summed E-state index contributed by atoms with van der Waals surface area (Å²) in [7, 11) is 0. The first-order valence-electron chi connectivity index (χ1n) is 4.93. The number of carbonyl (C=O) groups excluding carboxylic acids is 2. The monoisotopic (exact) mass is 302 g/mol. The third-order valence-corrected chi connectivity index (χ3v) is 1.33. The molecule has 0 aromatic heterocycles. The van der Waals surface area contributed by atoms with Gasteiger partial charge in [-0.05, 0) is 26.3 Å². The van der Waals surface area contributed by atoms with Crippen LogP contribution in [0.15, 0.2) is 30.3 Å². The van der Waals surface area contributed by atoms with Crippen molar-refractivity contribution in [1.82, 2.24) is 0 Å². The van der Waals surface area contributed by atoms with Crippen LogP contribution >= 0.6 is 0 Å². The van der Waals surface area contributed by atoms with E-state index in [0.717, 1.165) is 13.8 Å². The summed E-state index contributed by atoms with van der Waals surface area (Å²) in [6, 6.07) is 10.2. The van der Waals surface area contributed by atoms with E-state index >= 15 is 0 Å². The summed E-state index contributed by atoms with van der Waals surface area (Å²) in [5, 5.41) is 17.8. The van der Waals surface area contributed by atoms with Crippen molar-refractivity contribution in [3.8, 4) is 0 Å². The molecule has 18 heavy (non-hydrogen) atoms. The Hall–Kier alpha value is -1.36. The van der Waals surface area contributed by atoms with Gasteiger partial charge in [0, 0.05) is 18.0 Å². The van der Waals surface area contributed by atoms with Crippen LogP contribution < -0.4 is 15.9 Å². The first-order chi connectivity index (χ1) is 7.77. The average Bonchev–Trinajstić information content (AvgIpc) is 2.17. The van der Waals surface area contributed by atoms with Gasteiger partial charge < -0.3 is 25.5 Å². The van der Waals surface area contributed by atoms with E-state index in [2.05, 4.69) is 0 Å². The largest absolute Gasteiger partial charge is 2.00 e. The van der Waals surface area contributed by atoms with Crippen LogP contribution in [0.5, 0.6) is 0 Å². The number of benzene rings is 1. The number of hydrogen-bond acceptors (Lipinski definition) is 5. The number of hydrogen-bond donors (Lipinski definition) is 1. The second kappa shape index (κ2) is 13.7. The van der Waals surface area contributed by atoms with Crippen LogP contribution in [0.2, 0.25) is 0 Å². The van der Waals surface area contributed by atoms with Gasteiger partial charge in [-0.2, -0.15) is 0 Å². The number of rotatable bonds is 1. The summed E-state index contributed by atoms with van der Waals surface area (Å²) in [4.78, 5) is 17.8. The van der Waals surface area contributed by atoms with Crippen LogP contribution in [-0.4, -0.2) is 11.9 Å². The van der Waals surface area contributed by atoms with Gasteiger partial charge in [-0.3, -0.25) is 0 Å². The summed E-state index contributed by atoms with van der Waals surface area (Å²) in [6.45, 7) is 3.93. The maximum Gasteiger partial charge on any atom is 2.00 e. The molecule has 1 aromatic rings. The van der Waals surface area contributed by atoms with Crippen LogP contribution in [0.25, 0.3) is 0 Å². The first-order valence-corrected chi connectivity index (χ1v) is 4.93.